The van der Waals surface area contributed by atoms with Crippen LogP contribution in [0, 0.1) is 0 Å². The minimum absolute atomic E-state index is 0.286. The Morgan fingerprint density at radius 1 is 1.10 bits per heavy atom. The zero-order chi connectivity index (χ0) is 20.2. The zero-order valence-corrected chi connectivity index (χ0v) is 17.0. The van der Waals surface area contributed by atoms with E-state index in [2.05, 4.69) is 39.9 Å². The van der Waals surface area contributed by atoms with Crippen LogP contribution in [0.1, 0.15) is 18.4 Å². The molecule has 0 amide bonds. The van der Waals surface area contributed by atoms with Crippen LogP contribution in [-0.4, -0.2) is 33.2 Å². The molecule has 6 rings (SSSR count). The van der Waals surface area contributed by atoms with Crippen molar-refractivity contribution in [2.75, 3.05) is 31.9 Å². The second-order valence-electron chi connectivity index (χ2n) is 8.25. The Balaban J connectivity index is 1.51. The number of halogens is 1. The number of ether oxygens (including phenoxy) is 3. The van der Waals surface area contributed by atoms with Gasteiger partial charge in [0.15, 0.2) is 24.2 Å². The molecular weight excluding hydrogens is 383 g/mol. The van der Waals surface area contributed by atoms with Gasteiger partial charge in [-0.15, -0.1) is 0 Å². The Morgan fingerprint density at radius 2 is 1.90 bits per heavy atom. The predicted octanol–water partition coefficient (Wildman–Crippen LogP) is 4.03. The van der Waals surface area contributed by atoms with Crippen LogP contribution in [-0.2, 0) is 13.0 Å². The van der Waals surface area contributed by atoms with Gasteiger partial charge in [0.25, 0.3) is 0 Å². The maximum Gasteiger partial charge on any atom is 0.231 e. The Hall–Kier alpha value is -3.02. The molecular formula is C24H24FN2O3+. The summed E-state index contributed by atoms with van der Waals surface area (Å²) in [5.41, 5.74) is 4.75. The molecule has 2 aromatic carbocycles. The lowest BCUT2D eigenvalue weighted by Crippen LogP contribution is -2.40. The Kier molecular flexibility index (Phi) is 4.01. The summed E-state index contributed by atoms with van der Waals surface area (Å²) in [7, 11) is 1.71. The molecule has 3 aliphatic heterocycles. The minimum atomic E-state index is -0.700. The van der Waals surface area contributed by atoms with Crippen LogP contribution in [0.4, 0.5) is 10.1 Å². The van der Waals surface area contributed by atoms with Crippen molar-refractivity contribution in [3.05, 3.63) is 42.1 Å². The van der Waals surface area contributed by atoms with Crippen molar-refractivity contribution < 1.29 is 23.2 Å². The van der Waals surface area contributed by atoms with E-state index in [0.29, 0.717) is 25.9 Å². The summed E-state index contributed by atoms with van der Waals surface area (Å²) in [4.78, 5) is 2.28. The summed E-state index contributed by atoms with van der Waals surface area (Å²) in [5.74, 6) is 2.50. The smallest absolute Gasteiger partial charge is 0.231 e. The van der Waals surface area contributed by atoms with Gasteiger partial charge in [0.05, 0.1) is 23.7 Å². The molecule has 0 saturated carbocycles. The van der Waals surface area contributed by atoms with Gasteiger partial charge in [0.2, 0.25) is 12.5 Å². The van der Waals surface area contributed by atoms with Crippen LogP contribution < -0.4 is 23.7 Å². The quantitative estimate of drug-likeness (QED) is 0.601. The Bertz CT molecular complexity index is 1160. The van der Waals surface area contributed by atoms with Crippen molar-refractivity contribution in [2.24, 2.45) is 0 Å². The number of anilines is 1. The number of aromatic nitrogens is 1. The van der Waals surface area contributed by atoms with E-state index < -0.39 is 6.17 Å². The normalized spacial score (nSPS) is 17.7. The van der Waals surface area contributed by atoms with Crippen molar-refractivity contribution >= 4 is 16.5 Å². The van der Waals surface area contributed by atoms with E-state index in [0.717, 1.165) is 46.7 Å². The molecule has 0 atom stereocenters. The number of hydrogen-bond acceptors (Lipinski definition) is 4. The van der Waals surface area contributed by atoms with Crippen LogP contribution in [0.5, 0.6) is 17.2 Å². The van der Waals surface area contributed by atoms with Gasteiger partial charge in [-0.2, -0.15) is 4.57 Å². The fraction of sp³-hybridized carbons (Fsp3) is 0.375. The molecule has 6 heteroatoms. The number of pyridine rings is 1. The molecule has 3 aliphatic rings. The highest BCUT2D eigenvalue weighted by Gasteiger charge is 2.30. The third-order valence-electron chi connectivity index (χ3n) is 6.56. The van der Waals surface area contributed by atoms with Crippen LogP contribution in [0.2, 0.25) is 0 Å². The summed E-state index contributed by atoms with van der Waals surface area (Å²) in [6, 6.07) is 10.6. The number of aryl methyl sites for hydroxylation is 2. The van der Waals surface area contributed by atoms with Crippen LogP contribution >= 0.6 is 0 Å². The van der Waals surface area contributed by atoms with E-state index >= 15 is 0 Å². The summed E-state index contributed by atoms with van der Waals surface area (Å²) in [5, 5.41) is 2.31. The van der Waals surface area contributed by atoms with Gasteiger partial charge in [-0.1, -0.05) is 6.07 Å². The lowest BCUT2D eigenvalue weighted by molar-refractivity contribution is -0.686. The van der Waals surface area contributed by atoms with Crippen LogP contribution in [0.25, 0.3) is 22.0 Å². The van der Waals surface area contributed by atoms with E-state index in [1.165, 1.54) is 16.8 Å². The van der Waals surface area contributed by atoms with Crippen molar-refractivity contribution in [3.63, 3.8) is 0 Å². The largest absolute Gasteiger partial charge is 0.495 e. The molecule has 4 heterocycles. The van der Waals surface area contributed by atoms with Crippen molar-refractivity contribution in [3.8, 4) is 28.5 Å². The molecule has 5 nitrogen and oxygen atoms in total. The highest BCUT2D eigenvalue weighted by molar-refractivity contribution is 5.98. The molecule has 1 saturated heterocycles. The number of methoxy groups -OCH3 is 1. The van der Waals surface area contributed by atoms with Gasteiger partial charge in [-0.05, 0) is 42.0 Å². The second-order valence-corrected chi connectivity index (χ2v) is 8.25. The van der Waals surface area contributed by atoms with Gasteiger partial charge in [-0.3, -0.25) is 0 Å². The Labute approximate surface area is 174 Å². The monoisotopic (exact) mass is 407 g/mol. The molecule has 0 N–H and O–H groups in total. The van der Waals surface area contributed by atoms with Gasteiger partial charge in [0.1, 0.15) is 11.9 Å². The van der Waals surface area contributed by atoms with Crippen LogP contribution in [0.3, 0.4) is 0 Å². The molecule has 0 unspecified atom stereocenters. The molecule has 0 aliphatic carbocycles. The highest BCUT2D eigenvalue weighted by Crippen LogP contribution is 2.42. The molecule has 30 heavy (non-hydrogen) atoms. The number of benzene rings is 2. The lowest BCUT2D eigenvalue weighted by atomic mass is 9.94. The third kappa shape index (κ3) is 2.70. The fourth-order valence-corrected chi connectivity index (χ4v) is 4.97. The molecule has 3 aromatic rings. The summed E-state index contributed by atoms with van der Waals surface area (Å²) in [6.45, 7) is 2.62. The third-order valence-corrected chi connectivity index (χ3v) is 6.56. The molecule has 0 spiro atoms. The average Bonchev–Trinajstić information content (AvgIpc) is 3.23. The highest BCUT2D eigenvalue weighted by atomic mass is 19.1. The SMILES string of the molecule is COc1ccc2cc3[n+](cc2c1N1CCC(F)CC1)CCc1cc2c(cc1-3)OCO2. The summed E-state index contributed by atoms with van der Waals surface area (Å²) in [6.07, 6.45) is 3.61. The first-order chi connectivity index (χ1) is 14.7. The van der Waals surface area contributed by atoms with E-state index in [9.17, 15) is 4.39 Å². The van der Waals surface area contributed by atoms with Crippen molar-refractivity contribution in [2.45, 2.75) is 32.0 Å². The van der Waals surface area contributed by atoms with Gasteiger partial charge < -0.3 is 19.1 Å². The zero-order valence-electron chi connectivity index (χ0n) is 17.0. The lowest BCUT2D eigenvalue weighted by Gasteiger charge is -2.32. The van der Waals surface area contributed by atoms with Gasteiger partial charge in [0, 0.05) is 25.6 Å². The summed E-state index contributed by atoms with van der Waals surface area (Å²) < 4.78 is 33.0. The number of piperidine rings is 1. The fourth-order valence-electron chi connectivity index (χ4n) is 4.97. The maximum absolute atomic E-state index is 13.7. The minimum Gasteiger partial charge on any atom is -0.495 e. The van der Waals surface area contributed by atoms with Gasteiger partial charge in [-0.25, -0.2) is 4.39 Å². The topological polar surface area (TPSA) is 34.8 Å². The van der Waals surface area contributed by atoms with E-state index in [1.807, 2.05) is 6.07 Å². The van der Waals surface area contributed by atoms with Crippen molar-refractivity contribution in [1.29, 1.82) is 0 Å². The maximum atomic E-state index is 13.7. The van der Waals surface area contributed by atoms with E-state index in [4.69, 9.17) is 14.2 Å². The molecule has 1 aromatic heterocycles. The average molecular weight is 407 g/mol. The first kappa shape index (κ1) is 17.8. The first-order valence-electron chi connectivity index (χ1n) is 10.6. The number of nitrogens with zero attached hydrogens (tertiary/aromatic N) is 2. The second kappa shape index (κ2) is 6.76. The molecule has 0 radical (unpaired) electrons. The number of hydrogen-bond donors (Lipinski definition) is 0. The van der Waals surface area contributed by atoms with E-state index in [1.54, 1.807) is 7.11 Å². The number of rotatable bonds is 2. The molecule has 0 bridgehead atoms. The van der Waals surface area contributed by atoms with Gasteiger partial charge >= 0.3 is 0 Å². The van der Waals surface area contributed by atoms with Crippen molar-refractivity contribution in [1.82, 2.24) is 0 Å². The number of alkyl halides is 1. The Morgan fingerprint density at radius 3 is 2.70 bits per heavy atom. The number of fused-ring (bicyclic) bond motifs is 5. The van der Waals surface area contributed by atoms with E-state index in [-0.39, 0.29) is 6.79 Å². The molecule has 154 valence electrons. The molecule has 1 fully saturated rings. The summed E-state index contributed by atoms with van der Waals surface area (Å²) >= 11 is 0. The standard InChI is InChI=1S/C24H24FN2O3/c1-28-21-3-2-15-10-20-18-12-23-22(29-14-30-23)11-16(18)4-7-27(20)13-19(15)24(21)26-8-5-17(25)6-9-26/h2-3,10-13,17H,4-9,14H2,1H3/q+1. The first-order valence-corrected chi connectivity index (χ1v) is 10.6. The van der Waals surface area contributed by atoms with Crippen LogP contribution in [0.15, 0.2) is 36.5 Å². The predicted molar refractivity (Wildman–Crippen MR) is 112 cm³/mol.